The summed E-state index contributed by atoms with van der Waals surface area (Å²) in [7, 11) is 0. The molecular weight excluding hydrogens is 342 g/mol. The molecule has 140 valence electrons. The van der Waals surface area contributed by atoms with Gasteiger partial charge in [0.05, 0.1) is 30.0 Å². The van der Waals surface area contributed by atoms with E-state index in [1.807, 2.05) is 18.6 Å². The number of unbranched alkanes of at least 4 members (excludes halogenated alkanes) is 3. The van der Waals surface area contributed by atoms with Gasteiger partial charge in [-0.15, -0.1) is 0 Å². The zero-order valence-electron chi connectivity index (χ0n) is 15.2. The Hall–Kier alpha value is -2.83. The normalized spacial score (nSPS) is 13.8. The van der Waals surface area contributed by atoms with Gasteiger partial charge in [0.25, 0.3) is 5.89 Å². The van der Waals surface area contributed by atoms with Crippen LogP contribution in [0.2, 0.25) is 0 Å². The number of aromatic nitrogens is 5. The predicted molar refractivity (Wildman–Crippen MR) is 99.2 cm³/mol. The number of nitrogens with one attached hydrogen (secondary N) is 1. The van der Waals surface area contributed by atoms with Crippen molar-refractivity contribution in [3.63, 3.8) is 0 Å². The van der Waals surface area contributed by atoms with E-state index in [2.05, 4.69) is 24.9 Å². The Bertz CT molecular complexity index is 866. The highest BCUT2D eigenvalue weighted by Gasteiger charge is 2.25. The fourth-order valence-corrected chi connectivity index (χ4v) is 3.09. The third-order valence-corrected chi connectivity index (χ3v) is 4.81. The molecule has 0 atom stereocenters. The Morgan fingerprint density at radius 3 is 2.67 bits per heavy atom. The van der Waals surface area contributed by atoms with Crippen LogP contribution in [0.1, 0.15) is 73.1 Å². The van der Waals surface area contributed by atoms with E-state index in [1.165, 1.54) is 25.3 Å². The Balaban J connectivity index is 1.17. The minimum Gasteiger partial charge on any atom is -0.442 e. The largest absolute Gasteiger partial charge is 0.442 e. The summed E-state index contributed by atoms with van der Waals surface area (Å²) in [6, 6.07) is 0. The molecule has 3 heterocycles. The van der Waals surface area contributed by atoms with Gasteiger partial charge in [-0.3, -0.25) is 14.8 Å². The number of imidazole rings is 1. The standard InChI is InChI=1S/C20H23N5O2/c26-18(20-21-9-10-27-20)5-3-1-2-4-6-19-24-13-17(25-19)16-12-22-15(11-23-16)14-7-8-14/h9-14H,1-8H2,(H,24,25). The number of nitrogens with zero attached hydrogens (tertiary/aromatic N) is 4. The van der Waals surface area contributed by atoms with E-state index in [1.54, 1.807) is 0 Å². The molecule has 4 rings (SSSR count). The van der Waals surface area contributed by atoms with Gasteiger partial charge in [0.1, 0.15) is 17.8 Å². The summed E-state index contributed by atoms with van der Waals surface area (Å²) in [6.07, 6.45) is 16.3. The van der Waals surface area contributed by atoms with Gasteiger partial charge < -0.3 is 9.40 Å². The number of H-pyrrole nitrogens is 1. The van der Waals surface area contributed by atoms with Gasteiger partial charge in [-0.1, -0.05) is 12.8 Å². The van der Waals surface area contributed by atoms with E-state index in [4.69, 9.17) is 4.42 Å². The summed E-state index contributed by atoms with van der Waals surface area (Å²) in [6.45, 7) is 0. The molecule has 1 saturated carbocycles. The number of aryl methyl sites for hydroxylation is 1. The molecule has 27 heavy (non-hydrogen) atoms. The van der Waals surface area contributed by atoms with Gasteiger partial charge in [0, 0.05) is 25.0 Å². The van der Waals surface area contributed by atoms with Crippen LogP contribution < -0.4 is 0 Å². The van der Waals surface area contributed by atoms with Gasteiger partial charge >= 0.3 is 0 Å². The maximum atomic E-state index is 11.8. The first-order valence-corrected chi connectivity index (χ1v) is 9.58. The third-order valence-electron chi connectivity index (χ3n) is 4.81. The number of Topliss-reactive ketones (excluding diaryl/α,β-unsaturated/α-hetero) is 1. The monoisotopic (exact) mass is 365 g/mol. The molecule has 0 radical (unpaired) electrons. The average Bonchev–Trinajstić information content (AvgIpc) is 3.19. The van der Waals surface area contributed by atoms with Gasteiger partial charge in [0.2, 0.25) is 5.78 Å². The SMILES string of the molecule is O=C(CCCCCCc1ncc(-c2cnc(C3CC3)cn2)[nH]1)c1ncco1. The minimum absolute atomic E-state index is 0.0236. The summed E-state index contributed by atoms with van der Waals surface area (Å²) >= 11 is 0. The highest BCUT2D eigenvalue weighted by Crippen LogP contribution is 2.38. The molecule has 0 saturated heterocycles. The third kappa shape index (κ3) is 4.67. The maximum absolute atomic E-state index is 11.8. The van der Waals surface area contributed by atoms with Crippen molar-refractivity contribution in [2.45, 2.75) is 57.3 Å². The second-order valence-corrected chi connectivity index (χ2v) is 7.02. The number of ketones is 1. The first-order valence-electron chi connectivity index (χ1n) is 9.58. The van der Waals surface area contributed by atoms with Crippen molar-refractivity contribution in [3.8, 4) is 11.4 Å². The summed E-state index contributed by atoms with van der Waals surface area (Å²) < 4.78 is 5.01. The fourth-order valence-electron chi connectivity index (χ4n) is 3.09. The molecule has 3 aromatic heterocycles. The Morgan fingerprint density at radius 2 is 1.93 bits per heavy atom. The van der Waals surface area contributed by atoms with Crippen LogP contribution in [-0.4, -0.2) is 30.7 Å². The zero-order valence-corrected chi connectivity index (χ0v) is 15.2. The number of aromatic amines is 1. The summed E-state index contributed by atoms with van der Waals surface area (Å²) in [5.41, 5.74) is 2.85. The van der Waals surface area contributed by atoms with Gasteiger partial charge in [0.15, 0.2) is 0 Å². The van der Waals surface area contributed by atoms with Crippen molar-refractivity contribution in [2.75, 3.05) is 0 Å². The van der Waals surface area contributed by atoms with E-state index in [9.17, 15) is 4.79 Å². The molecule has 1 fully saturated rings. The van der Waals surface area contributed by atoms with Crippen LogP contribution in [-0.2, 0) is 6.42 Å². The zero-order chi connectivity index (χ0) is 18.5. The number of carbonyl (C=O) groups is 1. The Morgan fingerprint density at radius 1 is 1.04 bits per heavy atom. The molecule has 1 aliphatic carbocycles. The van der Waals surface area contributed by atoms with Crippen molar-refractivity contribution in [1.29, 1.82) is 0 Å². The van der Waals surface area contributed by atoms with E-state index >= 15 is 0 Å². The molecule has 0 aliphatic heterocycles. The van der Waals surface area contributed by atoms with E-state index < -0.39 is 0 Å². The lowest BCUT2D eigenvalue weighted by Crippen LogP contribution is -1.99. The van der Waals surface area contributed by atoms with Crippen molar-refractivity contribution >= 4 is 5.78 Å². The molecule has 1 aliphatic rings. The number of oxazole rings is 1. The number of carbonyl (C=O) groups excluding carboxylic acids is 1. The molecule has 7 heteroatoms. The van der Waals surface area contributed by atoms with Crippen molar-refractivity contribution in [1.82, 2.24) is 24.9 Å². The maximum Gasteiger partial charge on any atom is 0.263 e. The first kappa shape index (κ1) is 17.6. The summed E-state index contributed by atoms with van der Waals surface area (Å²) in [5, 5.41) is 0. The molecule has 3 aromatic rings. The molecule has 1 N–H and O–H groups in total. The van der Waals surface area contributed by atoms with Gasteiger partial charge in [-0.05, 0) is 25.7 Å². The minimum atomic E-state index is -0.0236. The first-order chi connectivity index (χ1) is 13.3. The molecule has 0 bridgehead atoms. The number of hydrogen-bond acceptors (Lipinski definition) is 6. The number of rotatable bonds is 10. The van der Waals surface area contributed by atoms with E-state index in [0.717, 1.165) is 55.0 Å². The second-order valence-electron chi connectivity index (χ2n) is 7.02. The average molecular weight is 365 g/mol. The Kier molecular flexibility index (Phi) is 5.37. The van der Waals surface area contributed by atoms with Crippen LogP contribution in [0.15, 0.2) is 35.5 Å². The molecule has 0 spiro atoms. The highest BCUT2D eigenvalue weighted by atomic mass is 16.3. The smallest absolute Gasteiger partial charge is 0.263 e. The van der Waals surface area contributed by atoms with Crippen LogP contribution in [0.4, 0.5) is 0 Å². The van der Waals surface area contributed by atoms with E-state index in [0.29, 0.717) is 12.3 Å². The Labute approximate surface area is 157 Å². The molecule has 0 aromatic carbocycles. The van der Waals surface area contributed by atoms with Crippen LogP contribution in [0, 0.1) is 0 Å². The lowest BCUT2D eigenvalue weighted by Gasteiger charge is -2.00. The van der Waals surface area contributed by atoms with Crippen LogP contribution >= 0.6 is 0 Å². The summed E-state index contributed by atoms with van der Waals surface area (Å²) in [4.78, 5) is 32.4. The van der Waals surface area contributed by atoms with Crippen LogP contribution in [0.3, 0.4) is 0 Å². The molecule has 0 unspecified atom stereocenters. The van der Waals surface area contributed by atoms with Crippen LogP contribution in [0.25, 0.3) is 11.4 Å². The van der Waals surface area contributed by atoms with Gasteiger partial charge in [-0.2, -0.15) is 0 Å². The molecule has 7 nitrogen and oxygen atoms in total. The molecular formula is C20H23N5O2. The van der Waals surface area contributed by atoms with Crippen LogP contribution in [0.5, 0.6) is 0 Å². The predicted octanol–water partition coefficient (Wildman–Crippen LogP) is 4.11. The number of hydrogen-bond donors (Lipinski definition) is 1. The van der Waals surface area contributed by atoms with Crippen molar-refractivity contribution in [3.05, 3.63) is 48.5 Å². The van der Waals surface area contributed by atoms with Crippen molar-refractivity contribution in [2.24, 2.45) is 0 Å². The van der Waals surface area contributed by atoms with Gasteiger partial charge in [-0.25, -0.2) is 9.97 Å². The van der Waals surface area contributed by atoms with E-state index in [-0.39, 0.29) is 11.7 Å². The van der Waals surface area contributed by atoms with Crippen molar-refractivity contribution < 1.29 is 9.21 Å². The molecule has 0 amide bonds. The highest BCUT2D eigenvalue weighted by molar-refractivity contribution is 5.91. The fraction of sp³-hybridized carbons (Fsp3) is 0.450. The summed E-state index contributed by atoms with van der Waals surface area (Å²) in [5.74, 6) is 1.78. The lowest BCUT2D eigenvalue weighted by atomic mass is 10.1. The topological polar surface area (TPSA) is 97.6 Å². The lowest BCUT2D eigenvalue weighted by molar-refractivity contribution is 0.0945. The second kappa shape index (κ2) is 8.24. The quantitative estimate of drug-likeness (QED) is 0.429.